The zero-order chi connectivity index (χ0) is 11.8. The molecule has 0 spiro atoms. The summed E-state index contributed by atoms with van der Waals surface area (Å²) in [5.41, 5.74) is 7.53. The van der Waals surface area contributed by atoms with Crippen LogP contribution < -0.4 is 5.73 Å². The molecule has 0 saturated carbocycles. The molecule has 5 nitrogen and oxygen atoms in total. The van der Waals surface area contributed by atoms with Crippen molar-refractivity contribution in [2.75, 3.05) is 18.9 Å². The number of aromatic nitrogens is 1. The molecule has 90 valence electrons. The molecule has 0 radical (unpaired) electrons. The van der Waals surface area contributed by atoms with Gasteiger partial charge in [-0.1, -0.05) is 0 Å². The minimum absolute atomic E-state index is 0.0135. The molecule has 1 aromatic heterocycles. The maximum atomic E-state index is 12.1. The van der Waals surface area contributed by atoms with Crippen LogP contribution >= 0.6 is 0 Å². The van der Waals surface area contributed by atoms with Crippen LogP contribution in [0.1, 0.15) is 6.42 Å². The third kappa shape index (κ3) is 1.94. The maximum Gasteiger partial charge on any atom is 0.288 e. The lowest BCUT2D eigenvalue weighted by molar-refractivity contribution is 0.198. The summed E-state index contributed by atoms with van der Waals surface area (Å²) in [6, 6.07) is 5.19. The van der Waals surface area contributed by atoms with E-state index in [2.05, 4.69) is 4.98 Å². The number of hydrogen-bond acceptors (Lipinski definition) is 5. The van der Waals surface area contributed by atoms with Gasteiger partial charge in [-0.2, -0.15) is 0 Å². The van der Waals surface area contributed by atoms with E-state index in [0.29, 0.717) is 30.0 Å². The van der Waals surface area contributed by atoms with E-state index >= 15 is 0 Å². The van der Waals surface area contributed by atoms with E-state index in [0.717, 1.165) is 6.42 Å². The Labute approximate surface area is 100 Å². The molecule has 0 bridgehead atoms. The lowest BCUT2D eigenvalue weighted by Gasteiger charge is -2.01. The molecule has 3 rings (SSSR count). The SMILES string of the molecule is Nc1ccc2oc(S(=O)C3CCOC3)nc2c1. The number of hydrogen-bond donors (Lipinski definition) is 1. The van der Waals surface area contributed by atoms with Crippen molar-refractivity contribution in [1.29, 1.82) is 0 Å². The van der Waals surface area contributed by atoms with Crippen LogP contribution in [0.3, 0.4) is 0 Å². The average molecular weight is 252 g/mol. The van der Waals surface area contributed by atoms with Crippen molar-refractivity contribution >= 4 is 27.6 Å². The summed E-state index contributed by atoms with van der Waals surface area (Å²) >= 11 is 0. The predicted molar refractivity (Wildman–Crippen MR) is 64.1 cm³/mol. The van der Waals surface area contributed by atoms with E-state index in [1.54, 1.807) is 18.2 Å². The molecule has 0 amide bonds. The number of fused-ring (bicyclic) bond motifs is 1. The average Bonchev–Trinajstić information content (AvgIpc) is 2.96. The number of oxazole rings is 1. The maximum absolute atomic E-state index is 12.1. The van der Waals surface area contributed by atoms with Gasteiger partial charge in [0.05, 0.1) is 11.9 Å². The van der Waals surface area contributed by atoms with Crippen molar-refractivity contribution < 1.29 is 13.4 Å². The Bertz CT molecular complexity index is 575. The summed E-state index contributed by atoms with van der Waals surface area (Å²) in [7, 11) is -1.24. The molecule has 2 N–H and O–H groups in total. The third-order valence-electron chi connectivity index (χ3n) is 2.75. The number of nitrogens with two attached hydrogens (primary N) is 1. The lowest BCUT2D eigenvalue weighted by atomic mass is 10.3. The van der Waals surface area contributed by atoms with Crippen molar-refractivity contribution in [1.82, 2.24) is 4.98 Å². The van der Waals surface area contributed by atoms with Gasteiger partial charge in [0.2, 0.25) is 0 Å². The van der Waals surface area contributed by atoms with E-state index < -0.39 is 10.8 Å². The summed E-state index contributed by atoms with van der Waals surface area (Å²) in [5.74, 6) is 0. The molecular weight excluding hydrogens is 240 g/mol. The van der Waals surface area contributed by atoms with Gasteiger partial charge in [-0.05, 0) is 24.6 Å². The lowest BCUT2D eigenvalue weighted by Crippen LogP contribution is -2.14. The van der Waals surface area contributed by atoms with Crippen LogP contribution in [0.5, 0.6) is 0 Å². The van der Waals surface area contributed by atoms with Crippen molar-refractivity contribution in [3.8, 4) is 0 Å². The Morgan fingerprint density at radius 2 is 2.35 bits per heavy atom. The van der Waals surface area contributed by atoms with Gasteiger partial charge in [-0.25, -0.2) is 9.19 Å². The minimum atomic E-state index is -1.24. The highest BCUT2D eigenvalue weighted by molar-refractivity contribution is 7.85. The fraction of sp³-hybridized carbons (Fsp3) is 0.364. The fourth-order valence-electron chi connectivity index (χ4n) is 1.83. The molecule has 1 aliphatic rings. The van der Waals surface area contributed by atoms with Crippen LogP contribution in [-0.4, -0.2) is 27.7 Å². The monoisotopic (exact) mass is 252 g/mol. The molecule has 2 atom stereocenters. The summed E-state index contributed by atoms with van der Waals surface area (Å²) < 4.78 is 22.8. The van der Waals surface area contributed by atoms with Crippen molar-refractivity contribution in [3.05, 3.63) is 18.2 Å². The number of ether oxygens (including phenoxy) is 1. The molecule has 17 heavy (non-hydrogen) atoms. The minimum Gasteiger partial charge on any atom is -0.430 e. The molecule has 2 aromatic rings. The molecule has 2 heterocycles. The molecule has 1 aromatic carbocycles. The van der Waals surface area contributed by atoms with Gasteiger partial charge in [-0.15, -0.1) is 0 Å². The van der Waals surface area contributed by atoms with Crippen molar-refractivity contribution in [3.63, 3.8) is 0 Å². The van der Waals surface area contributed by atoms with E-state index in [1.807, 2.05) is 0 Å². The molecule has 6 heteroatoms. The summed E-state index contributed by atoms with van der Waals surface area (Å²) in [6.07, 6.45) is 0.785. The highest BCUT2D eigenvalue weighted by atomic mass is 32.2. The zero-order valence-electron chi connectivity index (χ0n) is 9.09. The Balaban J connectivity index is 1.97. The van der Waals surface area contributed by atoms with E-state index in [9.17, 15) is 4.21 Å². The number of benzene rings is 1. The molecule has 1 fully saturated rings. The number of rotatable bonds is 2. The second kappa shape index (κ2) is 4.12. The predicted octanol–water partition coefficient (Wildman–Crippen LogP) is 1.31. The smallest absolute Gasteiger partial charge is 0.288 e. The van der Waals surface area contributed by atoms with Gasteiger partial charge in [0.1, 0.15) is 16.3 Å². The van der Waals surface area contributed by atoms with Crippen LogP contribution in [0.15, 0.2) is 27.8 Å². The van der Waals surface area contributed by atoms with Gasteiger partial charge in [0.15, 0.2) is 5.58 Å². The highest BCUT2D eigenvalue weighted by Gasteiger charge is 2.27. The zero-order valence-corrected chi connectivity index (χ0v) is 9.90. The van der Waals surface area contributed by atoms with Crippen LogP contribution in [0.2, 0.25) is 0 Å². The van der Waals surface area contributed by atoms with E-state index in [1.165, 1.54) is 0 Å². The topological polar surface area (TPSA) is 78.3 Å². The largest absolute Gasteiger partial charge is 0.430 e. The van der Waals surface area contributed by atoms with Crippen LogP contribution in [-0.2, 0) is 15.5 Å². The molecule has 1 saturated heterocycles. The van der Waals surface area contributed by atoms with Gasteiger partial charge < -0.3 is 14.9 Å². The molecule has 2 unspecified atom stereocenters. The van der Waals surface area contributed by atoms with Crippen molar-refractivity contribution in [2.45, 2.75) is 16.9 Å². The van der Waals surface area contributed by atoms with Crippen LogP contribution in [0, 0.1) is 0 Å². The third-order valence-corrected chi connectivity index (χ3v) is 4.25. The highest BCUT2D eigenvalue weighted by Crippen LogP contribution is 2.23. The summed E-state index contributed by atoms with van der Waals surface area (Å²) in [6.45, 7) is 1.16. The normalized spacial score (nSPS) is 22.0. The summed E-state index contributed by atoms with van der Waals surface area (Å²) in [5, 5.41) is 0.251. The number of anilines is 1. The molecular formula is C11H12N2O3S. The summed E-state index contributed by atoms with van der Waals surface area (Å²) in [4.78, 5) is 4.22. The quantitative estimate of drug-likeness (QED) is 0.815. The molecule has 0 aliphatic carbocycles. The Kier molecular flexibility index (Phi) is 2.60. The molecule has 1 aliphatic heterocycles. The van der Waals surface area contributed by atoms with Crippen LogP contribution in [0.4, 0.5) is 5.69 Å². The first-order valence-corrected chi connectivity index (χ1v) is 6.60. The van der Waals surface area contributed by atoms with Crippen LogP contribution in [0.25, 0.3) is 11.1 Å². The number of nitrogen functional groups attached to an aromatic ring is 1. The Morgan fingerprint density at radius 1 is 1.47 bits per heavy atom. The standard InChI is InChI=1S/C11H12N2O3S/c12-7-1-2-10-9(5-7)13-11(16-10)17(14)8-3-4-15-6-8/h1-2,5,8H,3-4,6,12H2. The van der Waals surface area contributed by atoms with Gasteiger partial charge >= 0.3 is 0 Å². The van der Waals surface area contributed by atoms with Gasteiger partial charge in [-0.3, -0.25) is 0 Å². The van der Waals surface area contributed by atoms with Gasteiger partial charge in [0, 0.05) is 12.3 Å². The van der Waals surface area contributed by atoms with Crippen molar-refractivity contribution in [2.24, 2.45) is 0 Å². The first-order chi connectivity index (χ1) is 8.24. The second-order valence-electron chi connectivity index (χ2n) is 3.99. The number of nitrogens with zero attached hydrogens (tertiary/aromatic N) is 1. The Morgan fingerprint density at radius 3 is 3.12 bits per heavy atom. The first-order valence-electron chi connectivity index (χ1n) is 5.38. The second-order valence-corrected chi connectivity index (χ2v) is 5.60. The van der Waals surface area contributed by atoms with Gasteiger partial charge in [0.25, 0.3) is 5.22 Å². The van der Waals surface area contributed by atoms with E-state index in [-0.39, 0.29) is 10.5 Å². The fourth-order valence-corrected chi connectivity index (χ4v) is 3.01. The van der Waals surface area contributed by atoms with E-state index in [4.69, 9.17) is 14.9 Å². The Hall–Kier alpha value is -1.40. The first kappa shape index (κ1) is 10.7.